The Morgan fingerprint density at radius 1 is 1.35 bits per heavy atom. The second-order valence-electron chi connectivity index (χ2n) is 9.18. The molecule has 1 aromatic carbocycles. The third-order valence-corrected chi connectivity index (χ3v) is 7.14. The highest BCUT2D eigenvalue weighted by molar-refractivity contribution is 7.88. The lowest BCUT2D eigenvalue weighted by molar-refractivity contribution is -0.160. The highest BCUT2D eigenvalue weighted by Crippen LogP contribution is 2.44. The van der Waals surface area contributed by atoms with Crippen molar-refractivity contribution in [3.05, 3.63) is 35.1 Å². The molecular formula is C23H29FN2O4S. The molecule has 4 rings (SSSR count). The molecule has 3 aliphatic rings. The zero-order valence-electron chi connectivity index (χ0n) is 18.0. The van der Waals surface area contributed by atoms with Gasteiger partial charge in [-0.2, -0.15) is 0 Å². The number of nitrogens with one attached hydrogen (secondary N) is 1. The van der Waals surface area contributed by atoms with Gasteiger partial charge in [-0.1, -0.05) is 24.0 Å². The smallest absolute Gasteiger partial charge is 0.252 e. The number of piperidine rings is 1. The van der Waals surface area contributed by atoms with Crippen molar-refractivity contribution in [3.8, 4) is 11.8 Å². The summed E-state index contributed by atoms with van der Waals surface area (Å²) in [5.74, 6) is 5.59. The van der Waals surface area contributed by atoms with Crippen molar-refractivity contribution in [2.24, 2.45) is 5.41 Å². The molecule has 1 N–H and O–H groups in total. The summed E-state index contributed by atoms with van der Waals surface area (Å²) >= 11 is 0. The maximum atomic E-state index is 15.3. The van der Waals surface area contributed by atoms with Gasteiger partial charge in [0.05, 0.1) is 24.5 Å². The molecule has 168 valence electrons. The Morgan fingerprint density at radius 2 is 2.10 bits per heavy atom. The largest absolute Gasteiger partial charge is 0.368 e. The molecule has 0 spiro atoms. The Labute approximate surface area is 183 Å². The molecule has 1 saturated carbocycles. The normalized spacial score (nSPS) is 27.1. The van der Waals surface area contributed by atoms with Gasteiger partial charge in [-0.3, -0.25) is 4.79 Å². The zero-order valence-corrected chi connectivity index (χ0v) is 18.8. The number of halogens is 1. The fourth-order valence-corrected chi connectivity index (χ4v) is 5.03. The molecule has 8 heteroatoms. The summed E-state index contributed by atoms with van der Waals surface area (Å²) < 4.78 is 47.2. The fourth-order valence-electron chi connectivity index (χ4n) is 4.20. The fraction of sp³-hybridized carbons (Fsp3) is 0.609. The van der Waals surface area contributed by atoms with Gasteiger partial charge in [0.15, 0.2) is 0 Å². The van der Waals surface area contributed by atoms with E-state index in [1.165, 1.54) is 0 Å². The molecule has 6 nitrogen and oxygen atoms in total. The lowest BCUT2D eigenvalue weighted by atomic mass is 9.90. The van der Waals surface area contributed by atoms with Crippen LogP contribution < -0.4 is 4.72 Å². The topological polar surface area (TPSA) is 75.7 Å². The number of carbonyl (C=O) groups excluding carboxylic acids is 1. The lowest BCUT2D eigenvalue weighted by Gasteiger charge is -2.44. The standard InChI is InChI=1S/C23H29FN2O4S/c1-23(11-12-23)10-8-16-5-3-6-17(21(16)24)15-19-18(25-31(2,28)29)7-4-13-26(19)22(27)20-9-14-30-20/h3,5-6,18-20,25H,4,7,9,11-15H2,1-2H3/t18-,19-,20-/m1/s1. The first kappa shape index (κ1) is 22.3. The maximum Gasteiger partial charge on any atom is 0.252 e. The average molecular weight is 449 g/mol. The molecule has 1 amide bonds. The third kappa shape index (κ3) is 5.28. The van der Waals surface area contributed by atoms with Crippen molar-refractivity contribution in [1.29, 1.82) is 0 Å². The minimum atomic E-state index is -3.48. The van der Waals surface area contributed by atoms with Gasteiger partial charge in [0.25, 0.3) is 5.91 Å². The Balaban J connectivity index is 1.62. The molecule has 3 fully saturated rings. The molecule has 2 aliphatic heterocycles. The van der Waals surface area contributed by atoms with Crippen molar-refractivity contribution in [2.45, 2.75) is 63.6 Å². The highest BCUT2D eigenvalue weighted by atomic mass is 32.2. The molecule has 1 aromatic rings. The zero-order chi connectivity index (χ0) is 22.2. The van der Waals surface area contributed by atoms with Crippen molar-refractivity contribution >= 4 is 15.9 Å². The monoisotopic (exact) mass is 448 g/mol. The number of likely N-dealkylation sites (tertiary alicyclic amines) is 1. The van der Waals surface area contributed by atoms with E-state index in [4.69, 9.17) is 4.74 Å². The lowest BCUT2D eigenvalue weighted by Crippen LogP contribution is -2.60. The van der Waals surface area contributed by atoms with Crippen LogP contribution in [-0.4, -0.2) is 56.8 Å². The van der Waals surface area contributed by atoms with Gasteiger partial charge < -0.3 is 9.64 Å². The predicted octanol–water partition coefficient (Wildman–Crippen LogP) is 2.22. The van der Waals surface area contributed by atoms with Gasteiger partial charge in [-0.15, -0.1) is 0 Å². The predicted molar refractivity (Wildman–Crippen MR) is 115 cm³/mol. The van der Waals surface area contributed by atoms with E-state index in [1.54, 1.807) is 23.1 Å². The van der Waals surface area contributed by atoms with Crippen LogP contribution in [-0.2, 0) is 26.0 Å². The molecule has 0 unspecified atom stereocenters. The molecular weight excluding hydrogens is 419 g/mol. The van der Waals surface area contributed by atoms with E-state index in [0.29, 0.717) is 43.5 Å². The number of rotatable bonds is 5. The van der Waals surface area contributed by atoms with E-state index in [9.17, 15) is 13.2 Å². The van der Waals surface area contributed by atoms with Crippen LogP contribution >= 0.6 is 0 Å². The molecule has 2 heterocycles. The number of nitrogens with zero attached hydrogens (tertiary/aromatic N) is 1. The first-order valence-corrected chi connectivity index (χ1v) is 12.7. The molecule has 0 radical (unpaired) electrons. The number of carbonyl (C=O) groups is 1. The van der Waals surface area contributed by atoms with Crippen molar-refractivity contribution < 1.29 is 22.3 Å². The SMILES string of the molecule is CC1(C#Cc2cccc(C[C@@H]3[C@H](NS(C)(=O)=O)CCCN3C(=O)[C@H]3CCO3)c2F)CC1. The maximum absolute atomic E-state index is 15.3. The number of sulfonamides is 1. The molecule has 1 aliphatic carbocycles. The van der Waals surface area contributed by atoms with Crippen molar-refractivity contribution in [3.63, 3.8) is 0 Å². The first-order chi connectivity index (χ1) is 14.7. The first-order valence-electron chi connectivity index (χ1n) is 10.9. The summed E-state index contributed by atoms with van der Waals surface area (Å²) in [4.78, 5) is 14.7. The van der Waals surface area contributed by atoms with Crippen LogP contribution in [0.2, 0.25) is 0 Å². The quantitative estimate of drug-likeness (QED) is 0.701. The van der Waals surface area contributed by atoms with E-state index in [1.807, 2.05) is 0 Å². The summed E-state index contributed by atoms with van der Waals surface area (Å²) in [6, 6.07) is 4.15. The van der Waals surface area contributed by atoms with Crippen LogP contribution in [0.1, 0.15) is 50.2 Å². The van der Waals surface area contributed by atoms with E-state index in [-0.39, 0.29) is 17.7 Å². The summed E-state index contributed by atoms with van der Waals surface area (Å²) in [7, 11) is -3.48. The van der Waals surface area contributed by atoms with Gasteiger partial charge in [0.1, 0.15) is 11.9 Å². The van der Waals surface area contributed by atoms with Gasteiger partial charge in [-0.05, 0) is 50.7 Å². The molecule has 31 heavy (non-hydrogen) atoms. The Hall–Kier alpha value is -1.95. The molecule has 0 aromatic heterocycles. The van der Waals surface area contributed by atoms with Crippen LogP contribution in [0.15, 0.2) is 18.2 Å². The van der Waals surface area contributed by atoms with Crippen LogP contribution in [0.3, 0.4) is 0 Å². The minimum Gasteiger partial charge on any atom is -0.368 e. The van der Waals surface area contributed by atoms with Crippen LogP contribution in [0, 0.1) is 23.1 Å². The Morgan fingerprint density at radius 3 is 2.71 bits per heavy atom. The summed E-state index contributed by atoms with van der Waals surface area (Å²) in [6.07, 6.45) is 4.82. The Bertz CT molecular complexity index is 1020. The molecule has 2 saturated heterocycles. The van der Waals surface area contributed by atoms with E-state index < -0.39 is 34.0 Å². The summed E-state index contributed by atoms with van der Waals surface area (Å²) in [6.45, 7) is 3.12. The summed E-state index contributed by atoms with van der Waals surface area (Å²) in [5, 5.41) is 0. The minimum absolute atomic E-state index is 0.0116. The van der Waals surface area contributed by atoms with Gasteiger partial charge in [0, 0.05) is 24.4 Å². The number of amides is 1. The van der Waals surface area contributed by atoms with Crippen LogP contribution in [0.5, 0.6) is 0 Å². The van der Waals surface area contributed by atoms with Crippen molar-refractivity contribution in [2.75, 3.05) is 19.4 Å². The van der Waals surface area contributed by atoms with Gasteiger partial charge in [0.2, 0.25) is 10.0 Å². The second-order valence-corrected chi connectivity index (χ2v) is 11.0. The summed E-state index contributed by atoms with van der Waals surface area (Å²) in [5.41, 5.74) is 0.768. The van der Waals surface area contributed by atoms with Crippen LogP contribution in [0.4, 0.5) is 4.39 Å². The molecule has 3 atom stereocenters. The van der Waals surface area contributed by atoms with Gasteiger partial charge in [-0.25, -0.2) is 17.5 Å². The van der Waals surface area contributed by atoms with Crippen molar-refractivity contribution in [1.82, 2.24) is 9.62 Å². The number of ether oxygens (including phenoxy) is 1. The van der Waals surface area contributed by atoms with Gasteiger partial charge >= 0.3 is 0 Å². The average Bonchev–Trinajstić information content (AvgIpc) is 3.38. The number of benzene rings is 1. The number of hydrogen-bond donors (Lipinski definition) is 1. The highest BCUT2D eigenvalue weighted by Gasteiger charge is 2.40. The number of hydrogen-bond acceptors (Lipinski definition) is 4. The van der Waals surface area contributed by atoms with E-state index in [0.717, 1.165) is 19.1 Å². The van der Waals surface area contributed by atoms with E-state index in [2.05, 4.69) is 23.5 Å². The molecule has 0 bridgehead atoms. The Kier molecular flexibility index (Phi) is 6.12. The third-order valence-electron chi connectivity index (χ3n) is 6.41. The van der Waals surface area contributed by atoms with E-state index >= 15 is 4.39 Å². The second kappa shape index (κ2) is 8.53. The van der Waals surface area contributed by atoms with Crippen LogP contribution in [0.25, 0.3) is 0 Å².